The highest BCUT2D eigenvalue weighted by Gasteiger charge is 2.39. The second-order valence-electron chi connectivity index (χ2n) is 6.46. The summed E-state index contributed by atoms with van der Waals surface area (Å²) in [6.45, 7) is 3.43. The van der Waals surface area contributed by atoms with Gasteiger partial charge in [-0.15, -0.1) is 0 Å². The van der Waals surface area contributed by atoms with Gasteiger partial charge in [0.15, 0.2) is 0 Å². The molecule has 0 radical (unpaired) electrons. The van der Waals surface area contributed by atoms with E-state index >= 15 is 0 Å². The molecule has 1 N–H and O–H groups in total. The van der Waals surface area contributed by atoms with E-state index < -0.39 is 6.10 Å². The van der Waals surface area contributed by atoms with Gasteiger partial charge in [-0.3, -0.25) is 9.59 Å². The summed E-state index contributed by atoms with van der Waals surface area (Å²) in [5.41, 5.74) is 0.776. The van der Waals surface area contributed by atoms with Crippen molar-refractivity contribution in [2.24, 2.45) is 11.8 Å². The van der Waals surface area contributed by atoms with Gasteiger partial charge in [0.2, 0.25) is 11.8 Å². The lowest BCUT2D eigenvalue weighted by molar-refractivity contribution is -0.135. The van der Waals surface area contributed by atoms with Crippen LogP contribution in [0.1, 0.15) is 19.8 Å². The van der Waals surface area contributed by atoms with Crippen LogP contribution >= 0.6 is 11.6 Å². The molecule has 3 atom stereocenters. The maximum Gasteiger partial charge on any atom is 0.228 e. The number of hydrogen-bond acceptors (Lipinski definition) is 3. The van der Waals surface area contributed by atoms with Crippen LogP contribution in [0.25, 0.3) is 0 Å². The number of halogens is 1. The smallest absolute Gasteiger partial charge is 0.228 e. The number of anilines is 1. The zero-order valence-electron chi connectivity index (χ0n) is 13.1. The predicted octanol–water partition coefficient (Wildman–Crippen LogP) is 1.92. The number of benzene rings is 1. The quantitative estimate of drug-likeness (QED) is 0.917. The number of aliphatic hydroxyl groups excluding tert-OH is 1. The molecular formula is C17H21ClN2O3. The lowest BCUT2D eigenvalue weighted by atomic mass is 10.0. The molecule has 2 aliphatic heterocycles. The summed E-state index contributed by atoms with van der Waals surface area (Å²) in [5.74, 6) is -0.163. The lowest BCUT2D eigenvalue weighted by Gasteiger charge is -2.21. The van der Waals surface area contributed by atoms with E-state index in [9.17, 15) is 14.7 Å². The third-order valence-corrected chi connectivity index (χ3v) is 5.08. The first-order valence-electron chi connectivity index (χ1n) is 7.98. The minimum Gasteiger partial charge on any atom is -0.393 e. The van der Waals surface area contributed by atoms with Gasteiger partial charge in [0.1, 0.15) is 0 Å². The largest absolute Gasteiger partial charge is 0.393 e. The van der Waals surface area contributed by atoms with E-state index in [-0.39, 0.29) is 30.1 Å². The SMILES string of the molecule is CC(O)C1CCN(C(=O)C2CC(=O)N(c3ccc(Cl)cc3)C2)C1. The minimum absolute atomic E-state index is 0.0259. The van der Waals surface area contributed by atoms with E-state index in [1.807, 2.05) is 0 Å². The number of rotatable bonds is 3. The number of likely N-dealkylation sites (tertiary alicyclic amines) is 1. The molecule has 0 bridgehead atoms. The van der Waals surface area contributed by atoms with E-state index in [2.05, 4.69) is 0 Å². The van der Waals surface area contributed by atoms with Crippen LogP contribution in [-0.4, -0.2) is 47.6 Å². The van der Waals surface area contributed by atoms with E-state index in [1.54, 1.807) is 41.0 Å². The van der Waals surface area contributed by atoms with Gasteiger partial charge in [-0.1, -0.05) is 11.6 Å². The molecule has 23 heavy (non-hydrogen) atoms. The number of amides is 2. The third kappa shape index (κ3) is 3.35. The molecule has 1 aromatic carbocycles. The fraction of sp³-hybridized carbons (Fsp3) is 0.529. The Morgan fingerprint density at radius 2 is 2.00 bits per heavy atom. The fourth-order valence-corrected chi connectivity index (χ4v) is 3.51. The maximum atomic E-state index is 12.6. The number of nitrogens with zero attached hydrogens (tertiary/aromatic N) is 2. The van der Waals surface area contributed by atoms with Crippen molar-refractivity contribution in [3.63, 3.8) is 0 Å². The highest BCUT2D eigenvalue weighted by molar-refractivity contribution is 6.30. The van der Waals surface area contributed by atoms with Gasteiger partial charge in [-0.25, -0.2) is 0 Å². The molecule has 0 saturated carbocycles. The van der Waals surface area contributed by atoms with Gasteiger partial charge >= 0.3 is 0 Å². The van der Waals surface area contributed by atoms with E-state index in [0.29, 0.717) is 24.7 Å². The summed E-state index contributed by atoms with van der Waals surface area (Å²) in [5, 5.41) is 10.3. The van der Waals surface area contributed by atoms with Crippen molar-refractivity contribution in [1.29, 1.82) is 0 Å². The molecule has 2 fully saturated rings. The molecule has 0 aromatic heterocycles. The first kappa shape index (κ1) is 16.3. The van der Waals surface area contributed by atoms with Crippen LogP contribution in [0.15, 0.2) is 24.3 Å². The highest BCUT2D eigenvalue weighted by atomic mass is 35.5. The van der Waals surface area contributed by atoms with E-state index in [4.69, 9.17) is 11.6 Å². The molecule has 3 rings (SSSR count). The van der Waals surface area contributed by atoms with Gasteiger partial charge in [0, 0.05) is 42.7 Å². The van der Waals surface area contributed by atoms with Crippen molar-refractivity contribution in [2.45, 2.75) is 25.9 Å². The third-order valence-electron chi connectivity index (χ3n) is 4.83. The molecule has 0 aliphatic carbocycles. The van der Waals surface area contributed by atoms with Crippen LogP contribution in [0.5, 0.6) is 0 Å². The summed E-state index contributed by atoms with van der Waals surface area (Å²) in [4.78, 5) is 28.3. The normalized spacial score (nSPS) is 26.0. The molecule has 2 heterocycles. The monoisotopic (exact) mass is 336 g/mol. The number of carbonyl (C=O) groups is 2. The first-order chi connectivity index (χ1) is 11.0. The minimum atomic E-state index is -0.399. The molecule has 2 aliphatic rings. The number of aliphatic hydroxyl groups is 1. The first-order valence-corrected chi connectivity index (χ1v) is 8.36. The van der Waals surface area contributed by atoms with Crippen molar-refractivity contribution >= 4 is 29.1 Å². The van der Waals surface area contributed by atoms with Gasteiger partial charge in [0.05, 0.1) is 12.0 Å². The molecule has 5 nitrogen and oxygen atoms in total. The number of hydrogen-bond donors (Lipinski definition) is 1. The Labute approximate surface area is 140 Å². The molecule has 2 amide bonds. The van der Waals surface area contributed by atoms with E-state index in [1.165, 1.54) is 0 Å². The van der Waals surface area contributed by atoms with Crippen LogP contribution in [-0.2, 0) is 9.59 Å². The predicted molar refractivity (Wildman–Crippen MR) is 88.3 cm³/mol. The van der Waals surface area contributed by atoms with Crippen LogP contribution in [0.3, 0.4) is 0 Å². The van der Waals surface area contributed by atoms with Crippen molar-refractivity contribution in [3.8, 4) is 0 Å². The molecule has 0 spiro atoms. The zero-order valence-corrected chi connectivity index (χ0v) is 13.9. The molecule has 2 saturated heterocycles. The summed E-state index contributed by atoms with van der Waals surface area (Å²) in [6.07, 6.45) is 0.672. The summed E-state index contributed by atoms with van der Waals surface area (Å²) >= 11 is 5.87. The van der Waals surface area contributed by atoms with Crippen LogP contribution in [0, 0.1) is 11.8 Å². The molecule has 3 unspecified atom stereocenters. The van der Waals surface area contributed by atoms with Gasteiger partial charge < -0.3 is 14.9 Å². The average Bonchev–Trinajstić information content (AvgIpc) is 3.14. The second-order valence-corrected chi connectivity index (χ2v) is 6.89. The Kier molecular flexibility index (Phi) is 4.60. The zero-order chi connectivity index (χ0) is 16.6. The molecular weight excluding hydrogens is 316 g/mol. The second kappa shape index (κ2) is 6.49. The van der Waals surface area contributed by atoms with Crippen LogP contribution in [0.4, 0.5) is 5.69 Å². The fourth-order valence-electron chi connectivity index (χ4n) is 3.38. The van der Waals surface area contributed by atoms with Gasteiger partial charge in [0.25, 0.3) is 0 Å². The summed E-state index contributed by atoms with van der Waals surface area (Å²) in [7, 11) is 0. The van der Waals surface area contributed by atoms with Crippen molar-refractivity contribution < 1.29 is 14.7 Å². The lowest BCUT2D eigenvalue weighted by Crippen LogP contribution is -2.36. The Balaban J connectivity index is 1.65. The Bertz CT molecular complexity index is 602. The summed E-state index contributed by atoms with van der Waals surface area (Å²) < 4.78 is 0. The molecule has 6 heteroatoms. The van der Waals surface area contributed by atoms with Gasteiger partial charge in [-0.05, 0) is 37.6 Å². The van der Waals surface area contributed by atoms with Crippen molar-refractivity contribution in [1.82, 2.24) is 4.90 Å². The van der Waals surface area contributed by atoms with Crippen LogP contribution in [0.2, 0.25) is 5.02 Å². The highest BCUT2D eigenvalue weighted by Crippen LogP contribution is 2.29. The summed E-state index contributed by atoms with van der Waals surface area (Å²) in [6, 6.07) is 7.08. The van der Waals surface area contributed by atoms with Crippen molar-refractivity contribution in [2.75, 3.05) is 24.5 Å². The van der Waals surface area contributed by atoms with Gasteiger partial charge in [-0.2, -0.15) is 0 Å². The Morgan fingerprint density at radius 1 is 1.30 bits per heavy atom. The Morgan fingerprint density at radius 3 is 2.61 bits per heavy atom. The molecule has 1 aromatic rings. The number of carbonyl (C=O) groups excluding carboxylic acids is 2. The van der Waals surface area contributed by atoms with E-state index in [0.717, 1.165) is 12.1 Å². The average molecular weight is 337 g/mol. The topological polar surface area (TPSA) is 60.9 Å². The van der Waals surface area contributed by atoms with Crippen molar-refractivity contribution in [3.05, 3.63) is 29.3 Å². The maximum absolute atomic E-state index is 12.6. The standard InChI is InChI=1S/C17H21ClN2O3/c1-11(21)12-6-7-19(9-12)17(23)13-8-16(22)20(10-13)15-4-2-14(18)3-5-15/h2-5,11-13,21H,6-10H2,1H3. The molecule has 124 valence electrons. The Hall–Kier alpha value is -1.59. The van der Waals surface area contributed by atoms with Crippen LogP contribution < -0.4 is 4.90 Å².